The minimum Gasteiger partial charge on any atom is -0.496 e. The van der Waals surface area contributed by atoms with Gasteiger partial charge in [0.05, 0.1) is 24.2 Å². The second-order valence-corrected chi connectivity index (χ2v) is 8.55. The first kappa shape index (κ1) is 18.4. The number of para-hydroxylation sites is 1. The molecule has 2 aromatic rings. The lowest BCUT2D eigenvalue weighted by Gasteiger charge is -2.29. The maximum absolute atomic E-state index is 13.2. The number of hydrogen-bond donors (Lipinski definition) is 0. The molecule has 0 aliphatic carbocycles. The lowest BCUT2D eigenvalue weighted by atomic mass is 10.1. The van der Waals surface area contributed by atoms with E-state index in [9.17, 15) is 17.6 Å². The minimum atomic E-state index is -3.16. The molecule has 1 saturated heterocycles. The largest absolute Gasteiger partial charge is 0.496 e. The highest BCUT2D eigenvalue weighted by Crippen LogP contribution is 2.26. The van der Waals surface area contributed by atoms with Crippen LogP contribution >= 0.6 is 0 Å². The number of ether oxygens (including phenoxy) is 1. The fourth-order valence-corrected chi connectivity index (χ4v) is 4.88. The van der Waals surface area contributed by atoms with Crippen molar-refractivity contribution in [1.82, 2.24) is 4.90 Å². The molecular formula is C19H20FNO4S. The Labute approximate surface area is 152 Å². The van der Waals surface area contributed by atoms with Crippen molar-refractivity contribution in [3.05, 3.63) is 65.5 Å². The van der Waals surface area contributed by atoms with Crippen LogP contribution < -0.4 is 4.74 Å². The van der Waals surface area contributed by atoms with E-state index >= 15 is 0 Å². The molecule has 7 heteroatoms. The monoisotopic (exact) mass is 377 g/mol. The van der Waals surface area contributed by atoms with Crippen molar-refractivity contribution in [3.8, 4) is 5.75 Å². The van der Waals surface area contributed by atoms with E-state index in [1.807, 2.05) is 0 Å². The van der Waals surface area contributed by atoms with Crippen molar-refractivity contribution in [1.29, 1.82) is 0 Å². The summed E-state index contributed by atoms with van der Waals surface area (Å²) in [5.74, 6) is -0.220. The maximum Gasteiger partial charge on any atom is 0.258 e. The smallest absolute Gasteiger partial charge is 0.258 e. The van der Waals surface area contributed by atoms with Crippen LogP contribution in [-0.2, 0) is 16.4 Å². The fraction of sp³-hybridized carbons (Fsp3) is 0.316. The van der Waals surface area contributed by atoms with Gasteiger partial charge in [0.2, 0.25) is 0 Å². The normalized spacial score (nSPS) is 18.5. The topological polar surface area (TPSA) is 63.7 Å². The maximum atomic E-state index is 13.2. The van der Waals surface area contributed by atoms with E-state index in [-0.39, 0.29) is 29.8 Å². The van der Waals surface area contributed by atoms with Crippen LogP contribution in [0.2, 0.25) is 0 Å². The van der Waals surface area contributed by atoms with Crippen LogP contribution in [0, 0.1) is 5.82 Å². The number of carbonyl (C=O) groups is 1. The summed E-state index contributed by atoms with van der Waals surface area (Å²) in [7, 11) is -1.67. The molecule has 0 aromatic heterocycles. The third kappa shape index (κ3) is 4.04. The van der Waals surface area contributed by atoms with Gasteiger partial charge in [0.1, 0.15) is 11.6 Å². The molecule has 5 nitrogen and oxygen atoms in total. The van der Waals surface area contributed by atoms with Crippen molar-refractivity contribution in [2.45, 2.75) is 19.0 Å². The van der Waals surface area contributed by atoms with Gasteiger partial charge < -0.3 is 9.64 Å². The van der Waals surface area contributed by atoms with Crippen LogP contribution in [0.3, 0.4) is 0 Å². The summed E-state index contributed by atoms with van der Waals surface area (Å²) in [4.78, 5) is 14.7. The van der Waals surface area contributed by atoms with Gasteiger partial charge in [0.15, 0.2) is 9.84 Å². The zero-order valence-corrected chi connectivity index (χ0v) is 15.2. The van der Waals surface area contributed by atoms with Crippen molar-refractivity contribution < 1.29 is 22.3 Å². The van der Waals surface area contributed by atoms with Crippen molar-refractivity contribution in [2.75, 3.05) is 18.6 Å². The molecule has 0 bridgehead atoms. The number of hydrogen-bond acceptors (Lipinski definition) is 4. The van der Waals surface area contributed by atoms with Gasteiger partial charge in [-0.2, -0.15) is 0 Å². The van der Waals surface area contributed by atoms with Crippen LogP contribution in [0.15, 0.2) is 48.5 Å². The molecule has 0 radical (unpaired) electrons. The lowest BCUT2D eigenvalue weighted by molar-refractivity contribution is 0.0677. The fourth-order valence-electron chi connectivity index (χ4n) is 3.15. The number of halogens is 1. The van der Waals surface area contributed by atoms with Gasteiger partial charge in [-0.15, -0.1) is 0 Å². The Bertz CT molecular complexity index is 896. The molecule has 0 saturated carbocycles. The Morgan fingerprint density at radius 2 is 1.88 bits per heavy atom. The van der Waals surface area contributed by atoms with Gasteiger partial charge in [0, 0.05) is 12.6 Å². The molecule has 0 spiro atoms. The van der Waals surface area contributed by atoms with Gasteiger partial charge in [-0.3, -0.25) is 4.79 Å². The van der Waals surface area contributed by atoms with E-state index in [4.69, 9.17) is 4.74 Å². The van der Waals surface area contributed by atoms with Crippen LogP contribution in [0.1, 0.15) is 22.3 Å². The molecule has 1 amide bonds. The van der Waals surface area contributed by atoms with Crippen molar-refractivity contribution in [2.24, 2.45) is 0 Å². The Hall–Kier alpha value is -2.41. The first-order chi connectivity index (χ1) is 12.4. The molecule has 3 rings (SSSR count). The van der Waals surface area contributed by atoms with Crippen LogP contribution in [0.4, 0.5) is 4.39 Å². The number of carbonyl (C=O) groups excluding carboxylic acids is 1. The van der Waals surface area contributed by atoms with E-state index in [1.165, 1.54) is 19.2 Å². The molecule has 1 atom stereocenters. The summed E-state index contributed by atoms with van der Waals surface area (Å²) in [6.07, 6.45) is 0.393. The number of rotatable bonds is 5. The van der Waals surface area contributed by atoms with Crippen molar-refractivity contribution >= 4 is 15.7 Å². The summed E-state index contributed by atoms with van der Waals surface area (Å²) < 4.78 is 42.3. The number of methoxy groups -OCH3 is 1. The predicted octanol–water partition coefficient (Wildman–Crippen LogP) is 2.66. The number of benzene rings is 2. The summed E-state index contributed by atoms with van der Waals surface area (Å²) in [5, 5.41) is 0. The van der Waals surface area contributed by atoms with E-state index in [2.05, 4.69) is 0 Å². The van der Waals surface area contributed by atoms with Gasteiger partial charge >= 0.3 is 0 Å². The summed E-state index contributed by atoms with van der Waals surface area (Å²) in [5.41, 5.74) is 1.11. The first-order valence-electron chi connectivity index (χ1n) is 8.28. The second-order valence-electron chi connectivity index (χ2n) is 6.32. The van der Waals surface area contributed by atoms with Gasteiger partial charge in [-0.25, -0.2) is 12.8 Å². The Morgan fingerprint density at radius 1 is 1.19 bits per heavy atom. The molecule has 26 heavy (non-hydrogen) atoms. The third-order valence-corrected chi connectivity index (χ3v) is 6.26. The molecule has 1 aliphatic rings. The zero-order chi connectivity index (χ0) is 18.7. The molecule has 1 heterocycles. The van der Waals surface area contributed by atoms with Gasteiger partial charge in [-0.05, 0) is 36.2 Å². The Morgan fingerprint density at radius 3 is 2.50 bits per heavy atom. The quantitative estimate of drug-likeness (QED) is 0.804. The van der Waals surface area contributed by atoms with Gasteiger partial charge in [0.25, 0.3) is 5.91 Å². The molecule has 1 fully saturated rings. The van der Waals surface area contributed by atoms with E-state index in [1.54, 1.807) is 41.3 Å². The summed E-state index contributed by atoms with van der Waals surface area (Å²) >= 11 is 0. The highest BCUT2D eigenvalue weighted by molar-refractivity contribution is 7.91. The number of sulfone groups is 1. The van der Waals surface area contributed by atoms with Crippen LogP contribution in [-0.4, -0.2) is 43.9 Å². The molecular weight excluding hydrogens is 357 g/mol. The SMILES string of the molecule is COc1ccccc1C(=O)N(Cc1ccc(F)cc1)[C@H]1CCS(=O)(=O)C1. The second kappa shape index (κ2) is 7.45. The van der Waals surface area contributed by atoms with E-state index in [0.717, 1.165) is 5.56 Å². The summed E-state index contributed by atoms with van der Waals surface area (Å²) in [6.45, 7) is 0.206. The van der Waals surface area contributed by atoms with Crippen molar-refractivity contribution in [3.63, 3.8) is 0 Å². The predicted molar refractivity (Wildman–Crippen MR) is 96.3 cm³/mol. The number of nitrogens with zero attached hydrogens (tertiary/aromatic N) is 1. The molecule has 138 valence electrons. The van der Waals surface area contributed by atoms with Crippen LogP contribution in [0.5, 0.6) is 5.75 Å². The first-order valence-corrected chi connectivity index (χ1v) is 10.1. The minimum absolute atomic E-state index is 0.0604. The van der Waals surface area contributed by atoms with E-state index < -0.39 is 15.9 Å². The highest BCUT2D eigenvalue weighted by Gasteiger charge is 2.35. The molecule has 2 aromatic carbocycles. The molecule has 1 aliphatic heterocycles. The average Bonchev–Trinajstić information content (AvgIpc) is 3.00. The summed E-state index contributed by atoms with van der Waals surface area (Å²) in [6, 6.07) is 12.3. The molecule has 0 unspecified atom stereocenters. The standard InChI is InChI=1S/C19H20FNO4S/c1-25-18-5-3-2-4-17(18)19(22)21(16-10-11-26(23,24)13-16)12-14-6-8-15(20)9-7-14/h2-9,16H,10-13H2,1H3/t16-/m0/s1. The van der Waals surface area contributed by atoms with E-state index in [0.29, 0.717) is 17.7 Å². The zero-order valence-electron chi connectivity index (χ0n) is 14.4. The third-order valence-electron chi connectivity index (χ3n) is 4.51. The Balaban J connectivity index is 1.94. The molecule has 0 N–H and O–H groups in total. The highest BCUT2D eigenvalue weighted by atomic mass is 32.2. The van der Waals surface area contributed by atoms with Gasteiger partial charge in [-0.1, -0.05) is 24.3 Å². The Kier molecular flexibility index (Phi) is 5.27. The average molecular weight is 377 g/mol. The van der Waals surface area contributed by atoms with Crippen LogP contribution in [0.25, 0.3) is 0 Å². The lowest BCUT2D eigenvalue weighted by Crippen LogP contribution is -2.40. The number of amides is 1.